The molecule has 0 aromatic heterocycles. The fourth-order valence-electron chi connectivity index (χ4n) is 1.02. The molecule has 1 aromatic carbocycles. The minimum Gasteiger partial charge on any atom is -0.489 e. The summed E-state index contributed by atoms with van der Waals surface area (Å²) in [5.41, 5.74) is 6.02. The summed E-state index contributed by atoms with van der Waals surface area (Å²) in [5.74, 6) is 0.0572. The van der Waals surface area contributed by atoms with Gasteiger partial charge in [-0.15, -0.1) is 0 Å². The predicted octanol–water partition coefficient (Wildman–Crippen LogP) is 2.13. The van der Waals surface area contributed by atoms with Gasteiger partial charge in [0, 0.05) is 11.6 Å². The lowest BCUT2D eigenvalue weighted by Crippen LogP contribution is -2.43. The molecule has 0 amide bonds. The van der Waals surface area contributed by atoms with Crippen LogP contribution in [0.4, 0.5) is 10.1 Å². The van der Waals surface area contributed by atoms with Crippen LogP contribution in [0.1, 0.15) is 13.8 Å². The fourth-order valence-corrected chi connectivity index (χ4v) is 1.02. The van der Waals surface area contributed by atoms with Crippen LogP contribution >= 0.6 is 0 Å². The molecular weight excluding hydrogens is 207 g/mol. The first kappa shape index (κ1) is 12.8. The Balaban J connectivity index is 2.71. The molecular formula is C12H19FN2O. The number of hydrogen-bond acceptors (Lipinski definition) is 3. The Labute approximate surface area is 96.0 Å². The molecule has 4 heteroatoms. The van der Waals surface area contributed by atoms with Gasteiger partial charge in [-0.2, -0.15) is 0 Å². The summed E-state index contributed by atoms with van der Waals surface area (Å²) in [5, 5.41) is 0. The van der Waals surface area contributed by atoms with E-state index in [1.807, 2.05) is 32.8 Å². The molecule has 2 N–H and O–H groups in total. The van der Waals surface area contributed by atoms with Crippen molar-refractivity contribution in [3.05, 3.63) is 24.0 Å². The van der Waals surface area contributed by atoms with Crippen molar-refractivity contribution in [1.82, 2.24) is 4.90 Å². The normalized spacial score (nSPS) is 11.9. The van der Waals surface area contributed by atoms with Crippen molar-refractivity contribution in [2.75, 3.05) is 26.4 Å². The Morgan fingerprint density at radius 3 is 2.56 bits per heavy atom. The van der Waals surface area contributed by atoms with Crippen molar-refractivity contribution in [3.63, 3.8) is 0 Å². The summed E-state index contributed by atoms with van der Waals surface area (Å²) in [6.07, 6.45) is 0. The lowest BCUT2D eigenvalue weighted by atomic mass is 10.1. The van der Waals surface area contributed by atoms with Crippen LogP contribution in [0.15, 0.2) is 18.2 Å². The third-order valence-electron chi connectivity index (χ3n) is 2.77. The van der Waals surface area contributed by atoms with E-state index in [4.69, 9.17) is 10.5 Å². The number of halogens is 1. The third kappa shape index (κ3) is 3.10. The molecule has 0 atom stereocenters. The van der Waals surface area contributed by atoms with Gasteiger partial charge in [0.2, 0.25) is 0 Å². The summed E-state index contributed by atoms with van der Waals surface area (Å²) in [4.78, 5) is 2.04. The minimum atomic E-state index is -0.341. The second-order valence-electron chi connectivity index (χ2n) is 4.68. The molecule has 0 spiro atoms. The van der Waals surface area contributed by atoms with Crippen LogP contribution in [0, 0.1) is 5.82 Å². The maximum absolute atomic E-state index is 13.0. The highest BCUT2D eigenvalue weighted by molar-refractivity contribution is 5.52. The summed E-state index contributed by atoms with van der Waals surface area (Å²) in [6, 6.07) is 4.13. The number of benzene rings is 1. The Bertz CT molecular complexity index is 364. The standard InChI is InChI=1S/C12H19FN2O/c1-12(2,15(3)4)8-16-11-7-9(13)5-6-10(11)14/h5-7H,8,14H2,1-4H3. The molecule has 90 valence electrons. The third-order valence-corrected chi connectivity index (χ3v) is 2.77. The molecule has 0 unspecified atom stereocenters. The van der Waals surface area contributed by atoms with Crippen LogP contribution in [0.2, 0.25) is 0 Å². The largest absolute Gasteiger partial charge is 0.489 e. The zero-order valence-electron chi connectivity index (χ0n) is 10.2. The molecule has 0 aliphatic rings. The van der Waals surface area contributed by atoms with E-state index in [1.54, 1.807) is 0 Å². The van der Waals surface area contributed by atoms with E-state index in [2.05, 4.69) is 0 Å². The Hall–Kier alpha value is -1.29. The van der Waals surface area contributed by atoms with Gasteiger partial charge in [-0.05, 0) is 40.1 Å². The van der Waals surface area contributed by atoms with Crippen molar-refractivity contribution in [2.45, 2.75) is 19.4 Å². The Kier molecular flexibility index (Phi) is 3.75. The van der Waals surface area contributed by atoms with Crippen molar-refractivity contribution >= 4 is 5.69 Å². The molecule has 0 saturated heterocycles. The van der Waals surface area contributed by atoms with Crippen molar-refractivity contribution in [2.24, 2.45) is 0 Å². The molecule has 1 rings (SSSR count). The SMILES string of the molecule is CN(C)C(C)(C)COc1cc(F)ccc1N. The quantitative estimate of drug-likeness (QED) is 0.799. The first-order valence-electron chi connectivity index (χ1n) is 5.18. The molecule has 16 heavy (non-hydrogen) atoms. The maximum Gasteiger partial charge on any atom is 0.145 e. The van der Waals surface area contributed by atoms with Crippen LogP contribution in [-0.4, -0.2) is 31.1 Å². The molecule has 0 bridgehead atoms. The monoisotopic (exact) mass is 226 g/mol. The molecule has 0 heterocycles. The summed E-state index contributed by atoms with van der Waals surface area (Å²) >= 11 is 0. The molecule has 3 nitrogen and oxygen atoms in total. The second kappa shape index (κ2) is 4.70. The van der Waals surface area contributed by atoms with E-state index in [0.717, 1.165) is 0 Å². The number of likely N-dealkylation sites (N-methyl/N-ethyl adjacent to an activating group) is 1. The van der Waals surface area contributed by atoms with Crippen LogP contribution in [-0.2, 0) is 0 Å². The maximum atomic E-state index is 13.0. The van der Waals surface area contributed by atoms with Gasteiger partial charge in [0.1, 0.15) is 18.2 Å². The molecule has 1 aromatic rings. The lowest BCUT2D eigenvalue weighted by Gasteiger charge is -2.32. The number of ether oxygens (including phenoxy) is 1. The zero-order valence-corrected chi connectivity index (χ0v) is 10.2. The Morgan fingerprint density at radius 2 is 2.00 bits per heavy atom. The lowest BCUT2D eigenvalue weighted by molar-refractivity contribution is 0.114. The number of anilines is 1. The highest BCUT2D eigenvalue weighted by Gasteiger charge is 2.21. The van der Waals surface area contributed by atoms with Crippen LogP contribution in [0.3, 0.4) is 0 Å². The topological polar surface area (TPSA) is 38.5 Å². The molecule has 0 aliphatic carbocycles. The van der Waals surface area contributed by atoms with E-state index in [0.29, 0.717) is 18.0 Å². The van der Waals surface area contributed by atoms with Gasteiger partial charge >= 0.3 is 0 Å². The number of nitrogen functional groups attached to an aromatic ring is 1. The van der Waals surface area contributed by atoms with E-state index in [9.17, 15) is 4.39 Å². The zero-order chi connectivity index (χ0) is 12.3. The van der Waals surface area contributed by atoms with Crippen molar-refractivity contribution < 1.29 is 9.13 Å². The smallest absolute Gasteiger partial charge is 0.145 e. The van der Waals surface area contributed by atoms with Crippen molar-refractivity contribution in [3.8, 4) is 5.75 Å². The minimum absolute atomic E-state index is 0.126. The first-order chi connectivity index (χ1) is 7.33. The van der Waals surface area contributed by atoms with Gasteiger partial charge in [0.15, 0.2) is 0 Å². The van der Waals surface area contributed by atoms with Gasteiger partial charge in [-0.3, -0.25) is 0 Å². The van der Waals surface area contributed by atoms with Gasteiger partial charge in [0.25, 0.3) is 0 Å². The van der Waals surface area contributed by atoms with Crippen molar-refractivity contribution in [1.29, 1.82) is 0 Å². The number of nitrogens with two attached hydrogens (primary N) is 1. The van der Waals surface area contributed by atoms with Crippen LogP contribution in [0.5, 0.6) is 5.75 Å². The van der Waals surface area contributed by atoms with E-state index >= 15 is 0 Å². The number of hydrogen-bond donors (Lipinski definition) is 1. The van der Waals surface area contributed by atoms with E-state index in [1.165, 1.54) is 18.2 Å². The van der Waals surface area contributed by atoms with Gasteiger partial charge in [-0.25, -0.2) is 4.39 Å². The van der Waals surface area contributed by atoms with Gasteiger partial charge in [-0.1, -0.05) is 0 Å². The summed E-state index contributed by atoms with van der Waals surface area (Å²) in [7, 11) is 3.94. The van der Waals surface area contributed by atoms with E-state index in [-0.39, 0.29) is 11.4 Å². The predicted molar refractivity (Wildman–Crippen MR) is 64.1 cm³/mol. The highest BCUT2D eigenvalue weighted by atomic mass is 19.1. The van der Waals surface area contributed by atoms with Crippen LogP contribution in [0.25, 0.3) is 0 Å². The van der Waals surface area contributed by atoms with E-state index < -0.39 is 0 Å². The van der Waals surface area contributed by atoms with Crippen LogP contribution < -0.4 is 10.5 Å². The molecule has 0 aliphatic heterocycles. The van der Waals surface area contributed by atoms with Gasteiger partial charge in [0.05, 0.1) is 5.69 Å². The molecule has 0 saturated carbocycles. The summed E-state index contributed by atoms with van der Waals surface area (Å²) < 4.78 is 18.5. The molecule has 0 fully saturated rings. The van der Waals surface area contributed by atoms with Gasteiger partial charge < -0.3 is 15.4 Å². The first-order valence-corrected chi connectivity index (χ1v) is 5.18. The summed E-state index contributed by atoms with van der Waals surface area (Å²) in [6.45, 7) is 4.54. The average molecular weight is 226 g/mol. The number of nitrogens with zero attached hydrogens (tertiary/aromatic N) is 1. The second-order valence-corrected chi connectivity index (χ2v) is 4.68. The molecule has 0 radical (unpaired) electrons. The average Bonchev–Trinajstić information content (AvgIpc) is 2.19. The fraction of sp³-hybridized carbons (Fsp3) is 0.500. The number of rotatable bonds is 4. The Morgan fingerprint density at radius 1 is 1.38 bits per heavy atom. The highest BCUT2D eigenvalue weighted by Crippen LogP contribution is 2.23.